The van der Waals surface area contributed by atoms with Crippen LogP contribution in [0.1, 0.15) is 46.5 Å². The fraction of sp³-hybridized carbons (Fsp3) is 0.786. The molecule has 2 heteroatoms. The molecule has 0 radical (unpaired) electrons. The lowest BCUT2D eigenvalue weighted by Gasteiger charge is -2.34. The molecule has 0 unspecified atom stereocenters. The quantitative estimate of drug-likeness (QED) is 0.636. The highest BCUT2D eigenvalue weighted by atomic mass is 16.3. The lowest BCUT2D eigenvalue weighted by Crippen LogP contribution is -2.37. The molecular weight excluding hydrogens is 198 g/mol. The van der Waals surface area contributed by atoms with Gasteiger partial charge in [0.2, 0.25) is 0 Å². The van der Waals surface area contributed by atoms with E-state index in [9.17, 15) is 10.4 Å². The standard InChI is InChI=1S/C14H21NO/c1-10-4-7-14(16)11(2)5-6-13(3,9-15)8-12(10)14/h5,10,12,16H,4,6-8H2,1-3H3/t10-,12-,13-,14-/m1/s1. The average molecular weight is 219 g/mol. The number of nitrogens with zero attached hydrogens (tertiary/aromatic N) is 1. The molecule has 2 aliphatic rings. The second-order valence-corrected chi connectivity index (χ2v) is 6.01. The van der Waals surface area contributed by atoms with Gasteiger partial charge in [0.1, 0.15) is 0 Å². The number of hydrogen-bond acceptors (Lipinski definition) is 2. The molecule has 16 heavy (non-hydrogen) atoms. The van der Waals surface area contributed by atoms with Gasteiger partial charge < -0.3 is 5.11 Å². The number of nitriles is 1. The number of hydrogen-bond donors (Lipinski definition) is 1. The third kappa shape index (κ3) is 1.58. The Hall–Kier alpha value is -0.810. The molecule has 1 fully saturated rings. The molecule has 88 valence electrons. The normalized spacial score (nSPS) is 47.8. The third-order valence-electron chi connectivity index (χ3n) is 4.76. The van der Waals surface area contributed by atoms with Crippen LogP contribution in [-0.2, 0) is 0 Å². The minimum absolute atomic E-state index is 0.260. The Morgan fingerprint density at radius 2 is 2.25 bits per heavy atom. The summed E-state index contributed by atoms with van der Waals surface area (Å²) in [5, 5.41) is 20.1. The summed E-state index contributed by atoms with van der Waals surface area (Å²) in [6.07, 6.45) is 5.63. The maximum Gasteiger partial charge on any atom is 0.0885 e. The number of aliphatic hydroxyl groups is 1. The monoisotopic (exact) mass is 219 g/mol. The number of rotatable bonds is 0. The molecule has 2 aliphatic carbocycles. The van der Waals surface area contributed by atoms with Crippen molar-refractivity contribution in [3.63, 3.8) is 0 Å². The van der Waals surface area contributed by atoms with Gasteiger partial charge in [0.15, 0.2) is 0 Å². The lowest BCUT2D eigenvalue weighted by molar-refractivity contribution is 0.0183. The maximum atomic E-state index is 10.8. The van der Waals surface area contributed by atoms with Gasteiger partial charge in [0.05, 0.1) is 17.1 Å². The first-order chi connectivity index (χ1) is 7.41. The molecule has 0 aliphatic heterocycles. The van der Waals surface area contributed by atoms with E-state index in [1.165, 1.54) is 0 Å². The Kier molecular flexibility index (Phi) is 2.62. The zero-order valence-corrected chi connectivity index (χ0v) is 10.5. The molecule has 2 nitrogen and oxygen atoms in total. The predicted molar refractivity (Wildman–Crippen MR) is 63.5 cm³/mol. The fourth-order valence-corrected chi connectivity index (χ4v) is 3.38. The predicted octanol–water partition coefficient (Wildman–Crippen LogP) is 3.03. The molecule has 1 N–H and O–H groups in total. The highest BCUT2D eigenvalue weighted by molar-refractivity contribution is 5.24. The molecule has 0 bridgehead atoms. The van der Waals surface area contributed by atoms with Gasteiger partial charge in [-0.1, -0.05) is 13.0 Å². The summed E-state index contributed by atoms with van der Waals surface area (Å²) >= 11 is 0. The van der Waals surface area contributed by atoms with Gasteiger partial charge in [-0.05, 0) is 56.9 Å². The van der Waals surface area contributed by atoms with Crippen molar-refractivity contribution >= 4 is 0 Å². The first-order valence-corrected chi connectivity index (χ1v) is 6.22. The Labute approximate surface area is 98.0 Å². The molecule has 0 aromatic rings. The molecule has 0 aromatic carbocycles. The Bertz CT molecular complexity index is 367. The second-order valence-electron chi connectivity index (χ2n) is 6.01. The largest absolute Gasteiger partial charge is 0.385 e. The van der Waals surface area contributed by atoms with E-state index in [0.29, 0.717) is 5.92 Å². The number of fused-ring (bicyclic) bond motifs is 1. The van der Waals surface area contributed by atoms with Crippen LogP contribution in [0.15, 0.2) is 11.6 Å². The van der Waals surface area contributed by atoms with Crippen LogP contribution in [0.5, 0.6) is 0 Å². The topological polar surface area (TPSA) is 44.0 Å². The third-order valence-corrected chi connectivity index (χ3v) is 4.76. The van der Waals surface area contributed by atoms with E-state index in [2.05, 4.69) is 19.1 Å². The second kappa shape index (κ2) is 3.60. The lowest BCUT2D eigenvalue weighted by atomic mass is 9.74. The summed E-state index contributed by atoms with van der Waals surface area (Å²) in [7, 11) is 0. The van der Waals surface area contributed by atoms with E-state index >= 15 is 0 Å². The Morgan fingerprint density at radius 1 is 1.56 bits per heavy atom. The zero-order chi connectivity index (χ0) is 12.0. The van der Waals surface area contributed by atoms with Gasteiger partial charge in [-0.25, -0.2) is 0 Å². The van der Waals surface area contributed by atoms with Crippen LogP contribution < -0.4 is 0 Å². The van der Waals surface area contributed by atoms with E-state index in [0.717, 1.165) is 31.3 Å². The van der Waals surface area contributed by atoms with Crippen molar-refractivity contribution in [2.45, 2.75) is 52.1 Å². The summed E-state index contributed by atoms with van der Waals surface area (Å²) in [5.41, 5.74) is 0.157. The van der Waals surface area contributed by atoms with Crippen LogP contribution in [0.2, 0.25) is 0 Å². The molecule has 0 amide bonds. The van der Waals surface area contributed by atoms with Crippen molar-refractivity contribution < 1.29 is 5.11 Å². The summed E-state index contributed by atoms with van der Waals surface area (Å²) in [4.78, 5) is 0. The molecule has 0 heterocycles. The molecular formula is C14H21NO. The van der Waals surface area contributed by atoms with Crippen molar-refractivity contribution in [3.8, 4) is 6.07 Å². The highest BCUT2D eigenvalue weighted by Crippen LogP contribution is 2.52. The van der Waals surface area contributed by atoms with E-state index in [4.69, 9.17) is 0 Å². The maximum absolute atomic E-state index is 10.8. The SMILES string of the molecule is CC1=CC[C@@](C)(C#N)C[C@@H]2[C@H](C)CC[C@@]12O. The van der Waals surface area contributed by atoms with Gasteiger partial charge in [-0.3, -0.25) is 0 Å². The molecule has 4 atom stereocenters. The van der Waals surface area contributed by atoms with Crippen LogP contribution >= 0.6 is 0 Å². The van der Waals surface area contributed by atoms with Crippen LogP contribution in [0.4, 0.5) is 0 Å². The van der Waals surface area contributed by atoms with Crippen molar-refractivity contribution in [3.05, 3.63) is 11.6 Å². The smallest absolute Gasteiger partial charge is 0.0885 e. The van der Waals surface area contributed by atoms with Gasteiger partial charge in [0.25, 0.3) is 0 Å². The van der Waals surface area contributed by atoms with Gasteiger partial charge >= 0.3 is 0 Å². The summed E-state index contributed by atoms with van der Waals surface area (Å²) in [6, 6.07) is 2.44. The van der Waals surface area contributed by atoms with Gasteiger partial charge in [0, 0.05) is 0 Å². The van der Waals surface area contributed by atoms with Crippen molar-refractivity contribution in [2.75, 3.05) is 0 Å². The van der Waals surface area contributed by atoms with Crippen LogP contribution in [-0.4, -0.2) is 10.7 Å². The zero-order valence-electron chi connectivity index (χ0n) is 10.5. The van der Waals surface area contributed by atoms with E-state index in [1.54, 1.807) is 0 Å². The number of allylic oxidation sites excluding steroid dienone is 1. The minimum atomic E-state index is -0.631. The molecule has 0 spiro atoms. The van der Waals surface area contributed by atoms with Crippen molar-refractivity contribution in [2.24, 2.45) is 17.3 Å². The summed E-state index contributed by atoms with van der Waals surface area (Å²) in [6.45, 7) is 6.25. The van der Waals surface area contributed by atoms with E-state index in [-0.39, 0.29) is 11.3 Å². The molecule has 1 saturated carbocycles. The summed E-state index contributed by atoms with van der Waals surface area (Å²) < 4.78 is 0. The van der Waals surface area contributed by atoms with Crippen LogP contribution in [0.3, 0.4) is 0 Å². The Balaban J connectivity index is 2.40. The average Bonchev–Trinajstić information content (AvgIpc) is 2.49. The molecule has 0 saturated heterocycles. The van der Waals surface area contributed by atoms with Crippen LogP contribution in [0.25, 0.3) is 0 Å². The van der Waals surface area contributed by atoms with E-state index < -0.39 is 5.60 Å². The molecule has 2 rings (SSSR count). The minimum Gasteiger partial charge on any atom is -0.385 e. The fourth-order valence-electron chi connectivity index (χ4n) is 3.38. The van der Waals surface area contributed by atoms with Crippen molar-refractivity contribution in [1.82, 2.24) is 0 Å². The van der Waals surface area contributed by atoms with Gasteiger partial charge in [-0.2, -0.15) is 5.26 Å². The Morgan fingerprint density at radius 3 is 2.88 bits per heavy atom. The molecule has 0 aromatic heterocycles. The first kappa shape index (κ1) is 11.7. The van der Waals surface area contributed by atoms with Gasteiger partial charge in [-0.15, -0.1) is 0 Å². The highest BCUT2D eigenvalue weighted by Gasteiger charge is 2.50. The van der Waals surface area contributed by atoms with Crippen LogP contribution in [0, 0.1) is 28.6 Å². The van der Waals surface area contributed by atoms with Crippen molar-refractivity contribution in [1.29, 1.82) is 5.26 Å². The summed E-state index contributed by atoms with van der Waals surface area (Å²) in [5.74, 6) is 0.787. The first-order valence-electron chi connectivity index (χ1n) is 6.22. The van der Waals surface area contributed by atoms with E-state index in [1.807, 2.05) is 13.8 Å².